The lowest BCUT2D eigenvalue weighted by Crippen LogP contribution is -2.13. The van der Waals surface area contributed by atoms with E-state index in [9.17, 15) is 4.79 Å². The van der Waals surface area contributed by atoms with Crippen molar-refractivity contribution >= 4 is 42.5 Å². The lowest BCUT2D eigenvalue weighted by molar-refractivity contribution is 0.0997. The lowest BCUT2D eigenvalue weighted by Gasteiger charge is -2.21. The highest BCUT2D eigenvalue weighted by molar-refractivity contribution is 7.98. The van der Waals surface area contributed by atoms with E-state index in [4.69, 9.17) is 22.2 Å². The summed E-state index contributed by atoms with van der Waals surface area (Å²) in [7, 11) is 0. The molecule has 1 heterocycles. The van der Waals surface area contributed by atoms with Crippen LogP contribution in [0, 0.1) is 12.8 Å². The van der Waals surface area contributed by atoms with Crippen molar-refractivity contribution in [2.24, 2.45) is 23.1 Å². The second kappa shape index (κ2) is 13.7. The van der Waals surface area contributed by atoms with Gasteiger partial charge in [0, 0.05) is 35.1 Å². The number of hydrogen-bond donors (Lipinski definition) is 3. The van der Waals surface area contributed by atoms with Crippen LogP contribution in [0.25, 0.3) is 11.1 Å². The van der Waals surface area contributed by atoms with Gasteiger partial charge in [-0.3, -0.25) is 9.78 Å². The first-order chi connectivity index (χ1) is 15.3. The van der Waals surface area contributed by atoms with Crippen LogP contribution >= 0.6 is 36.6 Å². The van der Waals surface area contributed by atoms with Crippen LogP contribution in [0.2, 0.25) is 0 Å². The highest BCUT2D eigenvalue weighted by Gasteiger charge is 2.20. The van der Waals surface area contributed by atoms with Gasteiger partial charge in [0.05, 0.1) is 5.56 Å². The maximum Gasteiger partial charge on any atom is 0.249 e. The topological polar surface area (TPSA) is 108 Å². The molecule has 0 saturated carbocycles. The summed E-state index contributed by atoms with van der Waals surface area (Å²) in [5.41, 5.74) is 25.8. The predicted molar refractivity (Wildman–Crippen MR) is 148 cm³/mol. The zero-order valence-corrected chi connectivity index (χ0v) is 22.3. The predicted octanol–water partition coefficient (Wildman–Crippen LogP) is 5.41. The van der Waals surface area contributed by atoms with E-state index in [1.807, 2.05) is 18.2 Å². The molecule has 1 aromatic heterocycles. The number of aromatic nitrogens is 1. The van der Waals surface area contributed by atoms with Crippen molar-refractivity contribution in [2.75, 3.05) is 0 Å². The van der Waals surface area contributed by atoms with Crippen molar-refractivity contribution in [2.45, 2.75) is 50.9 Å². The van der Waals surface area contributed by atoms with Crippen molar-refractivity contribution in [3.05, 3.63) is 82.2 Å². The van der Waals surface area contributed by atoms with Crippen molar-refractivity contribution in [3.8, 4) is 11.1 Å². The van der Waals surface area contributed by atoms with Crippen LogP contribution in [-0.4, -0.2) is 10.9 Å². The van der Waals surface area contributed by atoms with E-state index in [-0.39, 0.29) is 24.8 Å². The average molecular weight is 522 g/mol. The molecule has 3 aromatic rings. The first kappa shape index (κ1) is 29.9. The first-order valence-corrected chi connectivity index (χ1v) is 11.9. The van der Waals surface area contributed by atoms with E-state index < -0.39 is 5.91 Å². The maximum atomic E-state index is 11.9. The minimum atomic E-state index is -0.421. The molecule has 0 unspecified atom stereocenters. The molecule has 34 heavy (non-hydrogen) atoms. The largest absolute Gasteiger partial charge is 0.366 e. The van der Waals surface area contributed by atoms with Gasteiger partial charge in [-0.25, -0.2) is 0 Å². The quantitative estimate of drug-likeness (QED) is 0.327. The zero-order valence-electron chi connectivity index (χ0n) is 19.8. The Balaban J connectivity index is 0.00000289. The van der Waals surface area contributed by atoms with E-state index >= 15 is 0 Å². The highest BCUT2D eigenvalue weighted by atomic mass is 35.5. The fourth-order valence-corrected chi connectivity index (χ4v) is 5.05. The van der Waals surface area contributed by atoms with Crippen LogP contribution in [0.15, 0.2) is 53.4 Å². The van der Waals surface area contributed by atoms with Gasteiger partial charge < -0.3 is 17.2 Å². The van der Waals surface area contributed by atoms with Gasteiger partial charge in [0.1, 0.15) is 0 Å². The summed E-state index contributed by atoms with van der Waals surface area (Å²) in [6, 6.07) is 15.8. The molecule has 0 spiro atoms. The molecule has 2 aromatic carbocycles. The molecule has 3 rings (SSSR count). The molecule has 0 atom stereocenters. The monoisotopic (exact) mass is 520 g/mol. The Hall–Kier alpha value is -2.09. The van der Waals surface area contributed by atoms with Gasteiger partial charge in [-0.2, -0.15) is 0 Å². The Labute approximate surface area is 219 Å². The molecule has 0 saturated heterocycles. The van der Waals surface area contributed by atoms with Crippen molar-refractivity contribution < 1.29 is 4.79 Å². The minimum absolute atomic E-state index is 0. The number of hydrogen-bond acceptors (Lipinski definition) is 5. The molecule has 6 N–H and O–H groups in total. The Morgan fingerprint density at radius 2 is 1.62 bits per heavy atom. The van der Waals surface area contributed by atoms with E-state index in [0.717, 1.165) is 50.5 Å². The number of thioether (sulfide) groups is 1. The Kier molecular flexibility index (Phi) is 12.1. The van der Waals surface area contributed by atoms with Gasteiger partial charge in [-0.15, -0.1) is 36.6 Å². The number of benzene rings is 2. The standard InChI is InChI=1S/C26H32N4OS.2ClH/c1-16(2)12-23-21(14-28)25(19-10-8-18(13-27)9-11-19)22(17(3)30-23)15-32-24-7-5-4-6-20(24)26(29)31;;/h4-11,16H,12-15,27-28H2,1-3H3,(H2,29,31);2*1H. The number of aryl methyl sites for hydroxylation is 1. The van der Waals surface area contributed by atoms with E-state index in [0.29, 0.717) is 30.3 Å². The molecule has 0 radical (unpaired) electrons. The summed E-state index contributed by atoms with van der Waals surface area (Å²) in [6.45, 7) is 7.36. The smallest absolute Gasteiger partial charge is 0.249 e. The fourth-order valence-electron chi connectivity index (χ4n) is 3.90. The summed E-state index contributed by atoms with van der Waals surface area (Å²) in [5, 5.41) is 0. The number of halogens is 2. The molecular weight excluding hydrogens is 487 g/mol. The number of amides is 1. The van der Waals surface area contributed by atoms with Crippen molar-refractivity contribution in [3.63, 3.8) is 0 Å². The molecule has 0 aliphatic carbocycles. The zero-order chi connectivity index (χ0) is 23.3. The number of pyridine rings is 1. The molecule has 5 nitrogen and oxygen atoms in total. The molecular formula is C26H34Cl2N4OS. The van der Waals surface area contributed by atoms with E-state index in [1.165, 1.54) is 0 Å². The molecule has 8 heteroatoms. The van der Waals surface area contributed by atoms with E-state index in [2.05, 4.69) is 45.0 Å². The van der Waals surface area contributed by atoms with Gasteiger partial charge in [0.2, 0.25) is 5.91 Å². The summed E-state index contributed by atoms with van der Waals surface area (Å²) < 4.78 is 0. The lowest BCUT2D eigenvalue weighted by atomic mass is 9.90. The number of nitrogens with two attached hydrogens (primary N) is 3. The number of primary amides is 1. The van der Waals surface area contributed by atoms with Crippen LogP contribution in [0.5, 0.6) is 0 Å². The second-order valence-electron chi connectivity index (χ2n) is 8.33. The summed E-state index contributed by atoms with van der Waals surface area (Å²) in [4.78, 5) is 17.7. The van der Waals surface area contributed by atoms with Crippen molar-refractivity contribution in [1.29, 1.82) is 0 Å². The van der Waals surface area contributed by atoms with Gasteiger partial charge >= 0.3 is 0 Å². The van der Waals surface area contributed by atoms with Crippen LogP contribution in [-0.2, 0) is 25.3 Å². The van der Waals surface area contributed by atoms with Gasteiger partial charge in [-0.05, 0) is 59.2 Å². The molecule has 0 aliphatic heterocycles. The van der Waals surface area contributed by atoms with Crippen LogP contribution < -0.4 is 17.2 Å². The van der Waals surface area contributed by atoms with Crippen LogP contribution in [0.1, 0.15) is 52.3 Å². The fraction of sp³-hybridized carbons (Fsp3) is 0.308. The second-order valence-corrected chi connectivity index (χ2v) is 9.35. The van der Waals surface area contributed by atoms with E-state index in [1.54, 1.807) is 17.8 Å². The van der Waals surface area contributed by atoms with Gasteiger partial charge in [0.15, 0.2) is 0 Å². The van der Waals surface area contributed by atoms with Crippen molar-refractivity contribution in [1.82, 2.24) is 4.98 Å². The Morgan fingerprint density at radius 3 is 2.18 bits per heavy atom. The van der Waals surface area contributed by atoms with Crippen LogP contribution in [0.3, 0.4) is 0 Å². The summed E-state index contributed by atoms with van der Waals surface area (Å²) in [5.74, 6) is 0.712. The molecule has 184 valence electrons. The molecule has 0 bridgehead atoms. The third-order valence-corrected chi connectivity index (χ3v) is 6.60. The number of carbonyl (C=O) groups excluding carboxylic acids is 1. The molecule has 0 aliphatic rings. The number of nitrogens with zero attached hydrogens (tertiary/aromatic N) is 1. The summed E-state index contributed by atoms with van der Waals surface area (Å²) in [6.07, 6.45) is 0.874. The minimum Gasteiger partial charge on any atom is -0.366 e. The van der Waals surface area contributed by atoms with Gasteiger partial charge in [-0.1, -0.05) is 50.2 Å². The molecule has 0 fully saturated rings. The number of carbonyl (C=O) groups is 1. The number of rotatable bonds is 9. The highest BCUT2D eigenvalue weighted by Crippen LogP contribution is 2.36. The third kappa shape index (κ3) is 6.96. The third-order valence-electron chi connectivity index (χ3n) is 5.50. The SMILES string of the molecule is Cc1nc(CC(C)C)c(CN)c(-c2ccc(CN)cc2)c1CSc1ccccc1C(N)=O.Cl.Cl. The molecule has 1 amide bonds. The normalized spacial score (nSPS) is 10.5. The van der Waals surface area contributed by atoms with Crippen LogP contribution in [0.4, 0.5) is 0 Å². The Morgan fingerprint density at radius 1 is 0.971 bits per heavy atom. The summed E-state index contributed by atoms with van der Waals surface area (Å²) >= 11 is 1.60. The Bertz CT molecular complexity index is 1100. The van der Waals surface area contributed by atoms with Gasteiger partial charge in [0.25, 0.3) is 0 Å². The average Bonchev–Trinajstić information content (AvgIpc) is 2.78. The maximum absolute atomic E-state index is 11.9. The first-order valence-electron chi connectivity index (χ1n) is 10.9.